The van der Waals surface area contributed by atoms with Crippen molar-refractivity contribution in [1.29, 1.82) is 0 Å². The molecule has 0 radical (unpaired) electrons. The lowest BCUT2D eigenvalue weighted by molar-refractivity contribution is -0.179. The first-order valence-corrected chi connectivity index (χ1v) is 17.0. The Bertz CT molecular complexity index is 719. The Morgan fingerprint density at radius 3 is 0.952 bits per heavy atom. The second kappa shape index (κ2) is 14.9. The standard InChI is InChI=1S/C36H68O6/c1-33(2,3)25-21-27(35(7,8)9)31-29(23-25)39-17-13-37-16-20-42-32-28(36(10,11)12)22-26(34(4,5)6)24-30(32)40-18-14-38-15-19-41-31/h25-32H,13-24H2,1-12H3. The summed E-state index contributed by atoms with van der Waals surface area (Å²) < 4.78 is 38.6. The number of fused-ring (bicyclic) bond motifs is 2. The van der Waals surface area contributed by atoms with Crippen molar-refractivity contribution in [2.45, 2.75) is 133 Å². The zero-order valence-corrected chi connectivity index (χ0v) is 29.6. The van der Waals surface area contributed by atoms with Gasteiger partial charge in [0.15, 0.2) is 0 Å². The van der Waals surface area contributed by atoms with Crippen LogP contribution >= 0.6 is 0 Å². The van der Waals surface area contributed by atoms with Crippen LogP contribution in [0.1, 0.15) is 109 Å². The van der Waals surface area contributed by atoms with Crippen LogP contribution in [0.25, 0.3) is 0 Å². The SMILES string of the molecule is CC(C)(C)C1CC2OCCOCCOC3C(CC(C(C)(C)C)CC3C(C)(C)C)OCCOCCOC2C(C(C)(C)C)C1. The van der Waals surface area contributed by atoms with Gasteiger partial charge in [-0.1, -0.05) is 83.1 Å². The minimum Gasteiger partial charge on any atom is -0.377 e. The van der Waals surface area contributed by atoms with Crippen LogP contribution in [0.15, 0.2) is 0 Å². The summed E-state index contributed by atoms with van der Waals surface area (Å²) in [6, 6.07) is 0. The average molecular weight is 597 g/mol. The maximum Gasteiger partial charge on any atom is 0.0871 e. The number of rotatable bonds is 0. The molecule has 8 atom stereocenters. The lowest BCUT2D eigenvalue weighted by Crippen LogP contribution is -2.51. The second-order valence-electron chi connectivity index (χ2n) is 17.7. The van der Waals surface area contributed by atoms with Crippen LogP contribution in [-0.4, -0.2) is 77.3 Å². The molecule has 3 fully saturated rings. The van der Waals surface area contributed by atoms with Gasteiger partial charge in [0.1, 0.15) is 0 Å². The lowest BCUT2D eigenvalue weighted by Gasteiger charge is -2.50. The smallest absolute Gasteiger partial charge is 0.0871 e. The molecule has 6 heteroatoms. The van der Waals surface area contributed by atoms with E-state index < -0.39 is 0 Å². The first-order valence-electron chi connectivity index (χ1n) is 17.0. The molecule has 1 aliphatic heterocycles. The molecule has 0 aromatic carbocycles. The number of hydrogen-bond donors (Lipinski definition) is 0. The molecule has 0 spiro atoms. The molecule has 3 aliphatic rings. The van der Waals surface area contributed by atoms with E-state index in [2.05, 4.69) is 83.1 Å². The molecule has 1 saturated heterocycles. The van der Waals surface area contributed by atoms with Crippen molar-refractivity contribution in [3.63, 3.8) is 0 Å². The van der Waals surface area contributed by atoms with Gasteiger partial charge in [-0.3, -0.25) is 0 Å². The van der Waals surface area contributed by atoms with Gasteiger partial charge >= 0.3 is 0 Å². The summed E-state index contributed by atoms with van der Waals surface area (Å²) in [5, 5.41) is 0. The highest BCUT2D eigenvalue weighted by Gasteiger charge is 2.48. The second-order valence-corrected chi connectivity index (χ2v) is 17.7. The lowest BCUT2D eigenvalue weighted by atomic mass is 9.61. The van der Waals surface area contributed by atoms with Crippen LogP contribution in [0.2, 0.25) is 0 Å². The average Bonchev–Trinajstić information content (AvgIpc) is 2.85. The number of hydrogen-bond acceptors (Lipinski definition) is 6. The first-order chi connectivity index (χ1) is 19.4. The van der Waals surface area contributed by atoms with Crippen LogP contribution in [0.3, 0.4) is 0 Å². The van der Waals surface area contributed by atoms with Gasteiger partial charge in [-0.15, -0.1) is 0 Å². The Hall–Kier alpha value is -0.240. The summed E-state index contributed by atoms with van der Waals surface area (Å²) in [5.41, 5.74) is 0.718. The van der Waals surface area contributed by atoms with E-state index in [4.69, 9.17) is 28.4 Å². The third-order valence-corrected chi connectivity index (χ3v) is 10.5. The normalized spacial score (nSPS) is 36.3. The Kier molecular flexibility index (Phi) is 12.9. The van der Waals surface area contributed by atoms with Crippen LogP contribution in [-0.2, 0) is 28.4 Å². The van der Waals surface area contributed by atoms with E-state index in [1.807, 2.05) is 0 Å². The summed E-state index contributed by atoms with van der Waals surface area (Å²) >= 11 is 0. The summed E-state index contributed by atoms with van der Waals surface area (Å²) in [6.45, 7) is 32.8. The van der Waals surface area contributed by atoms with Crippen molar-refractivity contribution in [3.8, 4) is 0 Å². The minimum atomic E-state index is 0.0531. The van der Waals surface area contributed by atoms with Crippen molar-refractivity contribution in [2.24, 2.45) is 45.3 Å². The molecular formula is C36H68O6. The maximum atomic E-state index is 6.63. The molecule has 8 unspecified atom stereocenters. The Labute approximate surface area is 259 Å². The fourth-order valence-corrected chi connectivity index (χ4v) is 7.51. The monoisotopic (exact) mass is 597 g/mol. The van der Waals surface area contributed by atoms with Gasteiger partial charge in [0.05, 0.1) is 77.3 Å². The molecule has 42 heavy (non-hydrogen) atoms. The molecule has 248 valence electrons. The molecule has 0 bridgehead atoms. The molecule has 1 heterocycles. The van der Waals surface area contributed by atoms with Gasteiger partial charge in [0, 0.05) is 0 Å². The molecule has 2 saturated carbocycles. The fourth-order valence-electron chi connectivity index (χ4n) is 7.51. The van der Waals surface area contributed by atoms with Crippen LogP contribution in [0.5, 0.6) is 0 Å². The molecular weight excluding hydrogens is 528 g/mol. The van der Waals surface area contributed by atoms with Crippen molar-refractivity contribution < 1.29 is 28.4 Å². The van der Waals surface area contributed by atoms with Crippen LogP contribution in [0.4, 0.5) is 0 Å². The van der Waals surface area contributed by atoms with Gasteiger partial charge in [-0.25, -0.2) is 0 Å². The quantitative estimate of drug-likeness (QED) is 0.284. The molecule has 0 aromatic heterocycles. The van der Waals surface area contributed by atoms with Gasteiger partial charge in [0.2, 0.25) is 0 Å². The molecule has 2 aliphatic carbocycles. The van der Waals surface area contributed by atoms with Gasteiger partial charge < -0.3 is 28.4 Å². The van der Waals surface area contributed by atoms with Crippen LogP contribution in [0, 0.1) is 45.3 Å². The summed E-state index contributed by atoms with van der Waals surface area (Å²) in [6.07, 6.45) is 4.58. The molecule has 3 rings (SSSR count). The van der Waals surface area contributed by atoms with Crippen LogP contribution < -0.4 is 0 Å². The minimum absolute atomic E-state index is 0.0531. The Morgan fingerprint density at radius 2 is 0.667 bits per heavy atom. The summed E-state index contributed by atoms with van der Waals surface area (Å²) in [4.78, 5) is 0. The molecule has 6 nitrogen and oxygen atoms in total. The first kappa shape index (κ1) is 36.2. The van der Waals surface area contributed by atoms with E-state index >= 15 is 0 Å². The van der Waals surface area contributed by atoms with E-state index in [1.54, 1.807) is 0 Å². The van der Waals surface area contributed by atoms with E-state index in [9.17, 15) is 0 Å². The van der Waals surface area contributed by atoms with Gasteiger partial charge in [-0.2, -0.15) is 0 Å². The fraction of sp³-hybridized carbons (Fsp3) is 1.00. The van der Waals surface area contributed by atoms with Crippen molar-refractivity contribution in [3.05, 3.63) is 0 Å². The van der Waals surface area contributed by atoms with Gasteiger partial charge in [-0.05, 0) is 71.0 Å². The third kappa shape index (κ3) is 10.4. The van der Waals surface area contributed by atoms with E-state index in [1.165, 1.54) is 0 Å². The van der Waals surface area contributed by atoms with Crippen molar-refractivity contribution >= 4 is 0 Å². The number of ether oxygens (including phenoxy) is 6. The van der Waals surface area contributed by atoms with E-state index in [-0.39, 0.29) is 46.1 Å². The highest BCUT2D eigenvalue weighted by Crippen LogP contribution is 2.49. The predicted molar refractivity (Wildman–Crippen MR) is 171 cm³/mol. The topological polar surface area (TPSA) is 55.4 Å². The van der Waals surface area contributed by atoms with Crippen molar-refractivity contribution in [1.82, 2.24) is 0 Å². The molecule has 0 amide bonds. The van der Waals surface area contributed by atoms with E-state index in [0.717, 1.165) is 25.7 Å². The Morgan fingerprint density at radius 1 is 0.357 bits per heavy atom. The highest BCUT2D eigenvalue weighted by atomic mass is 16.6. The maximum absolute atomic E-state index is 6.63. The van der Waals surface area contributed by atoms with E-state index in [0.29, 0.717) is 76.5 Å². The van der Waals surface area contributed by atoms with Gasteiger partial charge in [0.25, 0.3) is 0 Å². The summed E-state index contributed by atoms with van der Waals surface area (Å²) in [7, 11) is 0. The molecule has 0 N–H and O–H groups in total. The zero-order chi connectivity index (χ0) is 31.3. The largest absolute Gasteiger partial charge is 0.377 e. The Balaban J connectivity index is 1.71. The summed E-state index contributed by atoms with van der Waals surface area (Å²) in [5.74, 6) is 2.01. The highest BCUT2D eigenvalue weighted by molar-refractivity contribution is 4.97. The third-order valence-electron chi connectivity index (χ3n) is 10.5. The zero-order valence-electron chi connectivity index (χ0n) is 29.6. The molecule has 0 aromatic rings. The predicted octanol–water partition coefficient (Wildman–Crippen LogP) is 7.81. The van der Waals surface area contributed by atoms with Crippen molar-refractivity contribution in [2.75, 3.05) is 52.9 Å².